The van der Waals surface area contributed by atoms with Gasteiger partial charge in [0, 0.05) is 66.1 Å². The molecule has 0 unspecified atom stereocenters. The smallest absolute Gasteiger partial charge is 0.181 e. The van der Waals surface area contributed by atoms with Gasteiger partial charge in [0.25, 0.3) is 0 Å². The third kappa shape index (κ3) is 4.50. The highest BCUT2D eigenvalue weighted by Crippen LogP contribution is 2.38. The van der Waals surface area contributed by atoms with Crippen LogP contribution in [0.3, 0.4) is 0 Å². The van der Waals surface area contributed by atoms with E-state index in [1.807, 2.05) is 31.7 Å². The quantitative estimate of drug-likeness (QED) is 0.244. The van der Waals surface area contributed by atoms with Gasteiger partial charge in [-0.2, -0.15) is 5.10 Å². The Morgan fingerprint density at radius 1 is 0.975 bits per heavy atom. The number of hydrogen-bond donors (Lipinski definition) is 3. The maximum Gasteiger partial charge on any atom is 0.181 e. The van der Waals surface area contributed by atoms with Crippen molar-refractivity contribution in [3.05, 3.63) is 95.8 Å². The molecule has 0 radical (unpaired) electrons. The van der Waals surface area contributed by atoms with Crippen molar-refractivity contribution in [2.75, 3.05) is 30.4 Å². The Bertz CT molecular complexity index is 1750. The number of nitrogens with zero attached hydrogens (tertiary/aromatic N) is 4. The molecule has 200 valence electrons. The lowest BCUT2D eigenvalue weighted by Crippen LogP contribution is -2.17. The van der Waals surface area contributed by atoms with Crippen LogP contribution in [0.1, 0.15) is 29.7 Å². The highest BCUT2D eigenvalue weighted by Gasteiger charge is 2.21. The predicted octanol–water partition coefficient (Wildman–Crippen LogP) is 6.15. The van der Waals surface area contributed by atoms with Crippen LogP contribution in [-0.2, 0) is 13.0 Å². The lowest BCUT2D eigenvalue weighted by molar-refractivity contribution is 0.627. The zero-order valence-corrected chi connectivity index (χ0v) is 22.3. The van der Waals surface area contributed by atoms with Gasteiger partial charge >= 0.3 is 0 Å². The maximum absolute atomic E-state index is 14.7. The number of aromatic amines is 1. The fraction of sp³-hybridized carbons (Fsp3) is 0.219. The van der Waals surface area contributed by atoms with Crippen LogP contribution in [0.5, 0.6) is 0 Å². The van der Waals surface area contributed by atoms with Gasteiger partial charge in [-0.25, -0.2) is 9.37 Å². The van der Waals surface area contributed by atoms with E-state index < -0.39 is 0 Å². The van der Waals surface area contributed by atoms with E-state index in [9.17, 15) is 4.39 Å². The molecule has 7 rings (SSSR count). The van der Waals surface area contributed by atoms with E-state index in [0.717, 1.165) is 94.0 Å². The van der Waals surface area contributed by atoms with Gasteiger partial charge in [-0.15, -0.1) is 0 Å². The number of anilines is 2. The largest absolute Gasteiger partial charge is 0.371 e. The number of fused-ring (bicyclic) bond motifs is 2. The number of aromatic nitrogens is 4. The topological polar surface area (TPSA) is 81.8 Å². The van der Waals surface area contributed by atoms with Gasteiger partial charge in [0.2, 0.25) is 0 Å². The Kier molecular flexibility index (Phi) is 6.24. The summed E-state index contributed by atoms with van der Waals surface area (Å²) in [6.45, 7) is 2.72. The van der Waals surface area contributed by atoms with Crippen LogP contribution in [0.4, 0.5) is 15.8 Å². The summed E-state index contributed by atoms with van der Waals surface area (Å²) in [6, 6.07) is 15.8. The van der Waals surface area contributed by atoms with Gasteiger partial charge in [0.05, 0.1) is 11.4 Å². The zero-order chi connectivity index (χ0) is 27.1. The minimum Gasteiger partial charge on any atom is -0.371 e. The van der Waals surface area contributed by atoms with E-state index in [2.05, 4.69) is 72.1 Å². The van der Waals surface area contributed by atoms with E-state index in [4.69, 9.17) is 0 Å². The number of nitrogens with one attached hydrogen (secondary N) is 3. The first-order chi connectivity index (χ1) is 19.7. The number of halogens is 1. The summed E-state index contributed by atoms with van der Waals surface area (Å²) in [7, 11) is 1.92. The van der Waals surface area contributed by atoms with Gasteiger partial charge < -0.3 is 15.5 Å². The van der Waals surface area contributed by atoms with Gasteiger partial charge in [-0.3, -0.25) is 10.1 Å². The summed E-state index contributed by atoms with van der Waals surface area (Å²) in [6.07, 6.45) is 10.8. The van der Waals surface area contributed by atoms with E-state index >= 15 is 0 Å². The lowest BCUT2D eigenvalue weighted by Gasteiger charge is -2.23. The van der Waals surface area contributed by atoms with E-state index in [-0.39, 0.29) is 5.82 Å². The maximum atomic E-state index is 14.7. The molecule has 0 spiro atoms. The number of pyridine rings is 2. The summed E-state index contributed by atoms with van der Waals surface area (Å²) in [5, 5.41) is 15.4. The minimum atomic E-state index is -0.198. The summed E-state index contributed by atoms with van der Waals surface area (Å²) in [4.78, 5) is 11.3. The average molecular weight is 532 g/mol. The van der Waals surface area contributed by atoms with Crippen molar-refractivity contribution in [3.63, 3.8) is 0 Å². The highest BCUT2D eigenvalue weighted by molar-refractivity contribution is 5.95. The number of rotatable bonds is 6. The molecule has 5 heterocycles. The normalized spacial score (nSPS) is 14.8. The second-order valence-electron chi connectivity index (χ2n) is 10.5. The van der Waals surface area contributed by atoms with Crippen LogP contribution in [0, 0.1) is 5.82 Å². The Labute approximate surface area is 232 Å². The Hall–Kier alpha value is -4.56. The molecule has 2 aliphatic rings. The molecule has 40 heavy (non-hydrogen) atoms. The second kappa shape index (κ2) is 10.2. The molecule has 3 N–H and O–H groups in total. The third-order valence-electron chi connectivity index (χ3n) is 7.81. The fourth-order valence-electron chi connectivity index (χ4n) is 5.86. The lowest BCUT2D eigenvalue weighted by atomic mass is 9.93. The van der Waals surface area contributed by atoms with Crippen molar-refractivity contribution in [2.45, 2.75) is 25.8 Å². The molecule has 8 heteroatoms. The standard InChI is InChI=1S/C32H30FN7/c1-34-16-20-11-22(18-35-17-20)23-14-28-31(38-39-32(28)36-19-23)30-8-7-27-26(5-4-6-29(27)37-30)21-12-24(33)15-25(13-21)40-9-2-3-10-40/h4-6,8,11-15,17-19,34,37H,2-3,7,9-10,16H2,1H3,(H,36,38,39). The molecular formula is C32H30FN7. The molecule has 0 atom stereocenters. The molecule has 2 aromatic carbocycles. The number of H-pyrrole nitrogens is 1. The van der Waals surface area contributed by atoms with E-state index in [1.54, 1.807) is 12.1 Å². The van der Waals surface area contributed by atoms with Crippen LogP contribution in [0.2, 0.25) is 0 Å². The first-order valence-electron chi connectivity index (χ1n) is 13.7. The Morgan fingerprint density at radius 3 is 2.73 bits per heavy atom. The van der Waals surface area contributed by atoms with Gasteiger partial charge in [-0.05, 0) is 85.0 Å². The molecule has 2 aliphatic heterocycles. The molecule has 0 bridgehead atoms. The number of benzene rings is 2. The number of hydrogen-bond acceptors (Lipinski definition) is 6. The van der Waals surface area contributed by atoms with E-state index in [0.29, 0.717) is 12.1 Å². The van der Waals surface area contributed by atoms with Crippen LogP contribution in [-0.4, -0.2) is 40.3 Å². The Morgan fingerprint density at radius 2 is 1.85 bits per heavy atom. The Balaban J connectivity index is 1.22. The van der Waals surface area contributed by atoms with Crippen LogP contribution in [0.15, 0.2) is 73.2 Å². The SMILES string of the molecule is CNCc1cncc(-c2cnc3n[nH]c(C4=CCc5c(cccc5-c5cc(F)cc(N6CCCC6)c5)N4)c3c2)c1. The van der Waals surface area contributed by atoms with Crippen molar-refractivity contribution < 1.29 is 4.39 Å². The molecule has 1 fully saturated rings. The van der Waals surface area contributed by atoms with Crippen LogP contribution < -0.4 is 15.5 Å². The summed E-state index contributed by atoms with van der Waals surface area (Å²) in [5.74, 6) is -0.198. The molecule has 7 nitrogen and oxygen atoms in total. The van der Waals surface area contributed by atoms with Crippen LogP contribution >= 0.6 is 0 Å². The molecule has 1 saturated heterocycles. The second-order valence-corrected chi connectivity index (χ2v) is 10.5. The number of allylic oxidation sites excluding steroid dienone is 1. The molecule has 5 aromatic rings. The van der Waals surface area contributed by atoms with Gasteiger partial charge in [0.1, 0.15) is 5.82 Å². The minimum absolute atomic E-state index is 0.198. The third-order valence-corrected chi connectivity index (χ3v) is 7.81. The van der Waals surface area contributed by atoms with Gasteiger partial charge in [0.15, 0.2) is 5.65 Å². The van der Waals surface area contributed by atoms with Crippen molar-refractivity contribution in [3.8, 4) is 22.3 Å². The molecule has 3 aromatic heterocycles. The first-order valence-corrected chi connectivity index (χ1v) is 13.7. The van der Waals surface area contributed by atoms with Gasteiger partial charge in [-0.1, -0.05) is 18.2 Å². The van der Waals surface area contributed by atoms with E-state index in [1.165, 1.54) is 0 Å². The first kappa shape index (κ1) is 24.5. The fourth-order valence-corrected chi connectivity index (χ4v) is 5.86. The molecule has 0 aliphatic carbocycles. The van der Waals surface area contributed by atoms with Crippen molar-refractivity contribution in [1.29, 1.82) is 0 Å². The summed E-state index contributed by atoms with van der Waals surface area (Å²) >= 11 is 0. The predicted molar refractivity (Wildman–Crippen MR) is 158 cm³/mol. The highest BCUT2D eigenvalue weighted by atomic mass is 19.1. The van der Waals surface area contributed by atoms with Crippen molar-refractivity contribution in [1.82, 2.24) is 25.5 Å². The monoisotopic (exact) mass is 531 g/mol. The molecule has 0 saturated carbocycles. The average Bonchev–Trinajstić information content (AvgIpc) is 3.67. The molecular weight excluding hydrogens is 501 g/mol. The molecule has 0 amide bonds. The summed E-state index contributed by atoms with van der Waals surface area (Å²) < 4.78 is 14.7. The van der Waals surface area contributed by atoms with Crippen molar-refractivity contribution >= 4 is 28.1 Å². The van der Waals surface area contributed by atoms with Crippen LogP contribution in [0.25, 0.3) is 39.0 Å². The zero-order valence-electron chi connectivity index (χ0n) is 22.3. The summed E-state index contributed by atoms with van der Waals surface area (Å²) in [5.41, 5.74) is 10.7. The van der Waals surface area contributed by atoms with Crippen molar-refractivity contribution in [2.24, 2.45) is 0 Å².